The van der Waals surface area contributed by atoms with Crippen LogP contribution >= 0.6 is 11.8 Å². The molecule has 3 rings (SSSR count). The molecule has 1 nitrogen and oxygen atoms in total. The fourth-order valence-electron chi connectivity index (χ4n) is 3.09. The topological polar surface area (TPSA) is 12.0 Å². The predicted octanol–water partition coefficient (Wildman–Crippen LogP) is 4.67. The Morgan fingerprint density at radius 3 is 2.67 bits per heavy atom. The lowest BCUT2D eigenvalue weighted by molar-refractivity contribution is 0.560. The molecule has 2 aromatic carbocycles. The van der Waals surface area contributed by atoms with E-state index in [0.29, 0.717) is 11.3 Å². The van der Waals surface area contributed by atoms with Gasteiger partial charge < -0.3 is 5.32 Å². The van der Waals surface area contributed by atoms with Crippen LogP contribution in [0.5, 0.6) is 0 Å². The summed E-state index contributed by atoms with van der Waals surface area (Å²) in [5.74, 6) is 0. The molecular weight excluding hydrogens is 274 g/mol. The average Bonchev–Trinajstić information content (AvgIpc) is 2.81. The molecule has 0 aliphatic heterocycles. The number of aryl methyl sites for hydroxylation is 2. The van der Waals surface area contributed by atoms with Crippen LogP contribution in [-0.4, -0.2) is 11.8 Å². The highest BCUT2D eigenvalue weighted by Crippen LogP contribution is 2.41. The molecule has 21 heavy (non-hydrogen) atoms. The molecular formula is C19H23NS. The van der Waals surface area contributed by atoms with E-state index in [1.807, 2.05) is 11.8 Å². The van der Waals surface area contributed by atoms with Gasteiger partial charge in [0.05, 0.1) is 0 Å². The molecule has 0 radical (unpaired) electrons. The van der Waals surface area contributed by atoms with Gasteiger partial charge in [0.1, 0.15) is 0 Å². The van der Waals surface area contributed by atoms with Crippen molar-refractivity contribution < 1.29 is 0 Å². The summed E-state index contributed by atoms with van der Waals surface area (Å²) in [6, 6.07) is 16.2. The van der Waals surface area contributed by atoms with Crippen molar-refractivity contribution in [2.45, 2.75) is 43.4 Å². The van der Waals surface area contributed by atoms with Gasteiger partial charge in [0, 0.05) is 16.2 Å². The average molecular weight is 297 g/mol. The predicted molar refractivity (Wildman–Crippen MR) is 92.1 cm³/mol. The van der Waals surface area contributed by atoms with Crippen molar-refractivity contribution in [1.29, 1.82) is 0 Å². The Hall–Kier alpha value is -1.25. The van der Waals surface area contributed by atoms with Crippen LogP contribution in [0.4, 0.5) is 0 Å². The lowest BCUT2D eigenvalue weighted by Gasteiger charge is -2.21. The van der Waals surface area contributed by atoms with Gasteiger partial charge in [-0.3, -0.25) is 0 Å². The van der Waals surface area contributed by atoms with Crippen molar-refractivity contribution in [3.8, 4) is 0 Å². The molecule has 0 bridgehead atoms. The summed E-state index contributed by atoms with van der Waals surface area (Å²) in [5.41, 5.74) is 5.75. The zero-order valence-electron chi connectivity index (χ0n) is 13.0. The third-order valence-electron chi connectivity index (χ3n) is 4.37. The fraction of sp³-hybridized carbons (Fsp3) is 0.368. The van der Waals surface area contributed by atoms with Gasteiger partial charge in [0.15, 0.2) is 0 Å². The highest BCUT2D eigenvalue weighted by atomic mass is 32.2. The molecule has 0 spiro atoms. The van der Waals surface area contributed by atoms with Gasteiger partial charge in [-0.25, -0.2) is 0 Å². The van der Waals surface area contributed by atoms with E-state index in [1.54, 1.807) is 0 Å². The maximum absolute atomic E-state index is 3.68. The molecule has 1 N–H and O–H groups in total. The molecule has 2 heteroatoms. The molecule has 2 unspecified atom stereocenters. The molecule has 2 aromatic rings. The highest BCUT2D eigenvalue weighted by Gasteiger charge is 2.32. The van der Waals surface area contributed by atoms with Crippen LogP contribution in [0.2, 0.25) is 0 Å². The van der Waals surface area contributed by atoms with E-state index in [-0.39, 0.29) is 0 Å². The highest BCUT2D eigenvalue weighted by molar-refractivity contribution is 8.00. The molecule has 0 aromatic heterocycles. The maximum atomic E-state index is 3.68. The van der Waals surface area contributed by atoms with Gasteiger partial charge in [0.2, 0.25) is 0 Å². The quantitative estimate of drug-likeness (QED) is 0.880. The summed E-state index contributed by atoms with van der Waals surface area (Å²) < 4.78 is 0. The number of benzene rings is 2. The summed E-state index contributed by atoms with van der Waals surface area (Å²) in [5, 5.41) is 4.26. The second-order valence-electron chi connectivity index (χ2n) is 5.84. The Morgan fingerprint density at radius 1 is 1.10 bits per heavy atom. The normalized spacial score (nSPS) is 20.5. The van der Waals surface area contributed by atoms with Crippen LogP contribution in [0.3, 0.4) is 0 Å². The molecule has 1 aliphatic carbocycles. The third-order valence-corrected chi connectivity index (χ3v) is 5.64. The zero-order chi connectivity index (χ0) is 14.8. The minimum Gasteiger partial charge on any atom is -0.309 e. The second-order valence-corrected chi connectivity index (χ2v) is 7.15. The summed E-state index contributed by atoms with van der Waals surface area (Å²) in [6.07, 6.45) is 1.16. The Kier molecular flexibility index (Phi) is 4.37. The van der Waals surface area contributed by atoms with Crippen molar-refractivity contribution in [2.24, 2.45) is 0 Å². The molecule has 110 valence electrons. The van der Waals surface area contributed by atoms with Crippen LogP contribution in [0, 0.1) is 13.8 Å². The number of thioether (sulfide) groups is 1. The smallest absolute Gasteiger partial charge is 0.0450 e. The number of rotatable bonds is 4. The molecule has 0 saturated carbocycles. The van der Waals surface area contributed by atoms with Crippen molar-refractivity contribution in [3.05, 3.63) is 64.7 Å². The Balaban J connectivity index is 1.83. The first kappa shape index (κ1) is 14.7. The first-order chi connectivity index (χ1) is 10.2. The van der Waals surface area contributed by atoms with E-state index in [2.05, 4.69) is 68.6 Å². The van der Waals surface area contributed by atoms with Gasteiger partial charge in [-0.05, 0) is 61.2 Å². The summed E-state index contributed by atoms with van der Waals surface area (Å²) in [7, 11) is 0. The first-order valence-corrected chi connectivity index (χ1v) is 8.62. The lowest BCUT2D eigenvalue weighted by atomic mass is 10.1. The van der Waals surface area contributed by atoms with Gasteiger partial charge in [0.25, 0.3) is 0 Å². The number of hydrogen-bond acceptors (Lipinski definition) is 2. The second kappa shape index (κ2) is 6.25. The summed E-state index contributed by atoms with van der Waals surface area (Å²) in [4.78, 5) is 1.39. The minimum absolute atomic E-state index is 0.470. The van der Waals surface area contributed by atoms with Crippen LogP contribution in [-0.2, 0) is 6.42 Å². The fourth-order valence-corrected chi connectivity index (χ4v) is 4.47. The monoisotopic (exact) mass is 297 g/mol. The molecule has 0 amide bonds. The molecule has 1 aliphatic rings. The number of nitrogens with one attached hydrogen (secondary N) is 1. The van der Waals surface area contributed by atoms with Crippen LogP contribution < -0.4 is 5.32 Å². The van der Waals surface area contributed by atoms with Crippen molar-refractivity contribution >= 4 is 11.8 Å². The zero-order valence-corrected chi connectivity index (χ0v) is 13.8. The van der Waals surface area contributed by atoms with Crippen LogP contribution in [0.1, 0.15) is 35.2 Å². The lowest BCUT2D eigenvalue weighted by Crippen LogP contribution is -2.26. The van der Waals surface area contributed by atoms with E-state index in [0.717, 1.165) is 13.0 Å². The minimum atomic E-state index is 0.470. The van der Waals surface area contributed by atoms with Crippen LogP contribution in [0.25, 0.3) is 0 Å². The third kappa shape index (κ3) is 3.02. The maximum Gasteiger partial charge on any atom is 0.0450 e. The number of fused-ring (bicyclic) bond motifs is 1. The molecule has 0 heterocycles. The van der Waals surface area contributed by atoms with Gasteiger partial charge in [-0.2, -0.15) is 0 Å². The largest absolute Gasteiger partial charge is 0.309 e. The molecule has 0 fully saturated rings. The van der Waals surface area contributed by atoms with Crippen molar-refractivity contribution in [1.82, 2.24) is 5.32 Å². The molecule has 2 atom stereocenters. The Bertz CT molecular complexity index is 635. The van der Waals surface area contributed by atoms with Crippen LogP contribution in [0.15, 0.2) is 47.4 Å². The van der Waals surface area contributed by atoms with E-state index in [1.165, 1.54) is 27.1 Å². The Morgan fingerprint density at radius 2 is 1.90 bits per heavy atom. The van der Waals surface area contributed by atoms with Crippen molar-refractivity contribution in [2.75, 3.05) is 6.54 Å². The summed E-state index contributed by atoms with van der Waals surface area (Å²) in [6.45, 7) is 7.59. The number of hydrogen-bond donors (Lipinski definition) is 1. The van der Waals surface area contributed by atoms with E-state index < -0.39 is 0 Å². The SMILES string of the molecule is CCNC1c2ccccc2CC1Sc1ccc(C)c(C)c1. The summed E-state index contributed by atoms with van der Waals surface area (Å²) >= 11 is 2.02. The van der Waals surface area contributed by atoms with Crippen molar-refractivity contribution in [3.63, 3.8) is 0 Å². The van der Waals surface area contributed by atoms with E-state index >= 15 is 0 Å². The van der Waals surface area contributed by atoms with E-state index in [4.69, 9.17) is 0 Å². The van der Waals surface area contributed by atoms with Gasteiger partial charge >= 0.3 is 0 Å². The van der Waals surface area contributed by atoms with Gasteiger partial charge in [-0.1, -0.05) is 37.3 Å². The first-order valence-electron chi connectivity index (χ1n) is 7.74. The van der Waals surface area contributed by atoms with E-state index in [9.17, 15) is 0 Å². The molecule has 0 saturated heterocycles. The van der Waals surface area contributed by atoms with Gasteiger partial charge in [-0.15, -0.1) is 11.8 Å². The Labute approximate surface area is 132 Å². The standard InChI is InChI=1S/C19H23NS/c1-4-20-19-17-8-6-5-7-15(17)12-18(19)21-16-10-9-13(2)14(3)11-16/h5-11,18-20H,4,12H2,1-3H3.